The molecule has 0 saturated heterocycles. The van der Waals surface area contributed by atoms with Gasteiger partial charge in [0, 0.05) is 12.7 Å². The molecular weight excluding hydrogens is 240 g/mol. The van der Waals surface area contributed by atoms with Crippen LogP contribution in [-0.2, 0) is 6.54 Å². The van der Waals surface area contributed by atoms with Gasteiger partial charge in [0.1, 0.15) is 5.15 Å². The fourth-order valence-corrected chi connectivity index (χ4v) is 1.27. The normalized spacial score (nSPS) is 10.1. The fraction of sp³-hybridized carbons (Fsp3) is 0.286. The second-order valence-electron chi connectivity index (χ2n) is 2.63. The number of aryl methyl sites for hydroxylation is 1. The number of rotatable bonds is 2. The summed E-state index contributed by atoms with van der Waals surface area (Å²) in [4.78, 5) is 26.1. The van der Waals surface area contributed by atoms with Crippen LogP contribution < -0.4 is 16.4 Å². The van der Waals surface area contributed by atoms with Gasteiger partial charge in [-0.25, -0.2) is 15.8 Å². The van der Waals surface area contributed by atoms with Crippen LogP contribution in [0.2, 0.25) is 5.15 Å². The summed E-state index contributed by atoms with van der Waals surface area (Å²) in [5, 5.41) is -0.162. The number of hydrazine groups is 1. The van der Waals surface area contributed by atoms with Crippen molar-refractivity contribution in [2.45, 2.75) is 13.5 Å². The van der Waals surface area contributed by atoms with Gasteiger partial charge in [-0.3, -0.25) is 9.59 Å². The van der Waals surface area contributed by atoms with Crippen LogP contribution in [0.15, 0.2) is 11.0 Å². The highest BCUT2D eigenvalue weighted by Crippen LogP contribution is 2.08. The molecule has 0 spiro atoms. The molecule has 0 fully saturated rings. The Hall–Kier alpha value is -1.05. The van der Waals surface area contributed by atoms with E-state index >= 15 is 0 Å². The molecule has 8 heteroatoms. The summed E-state index contributed by atoms with van der Waals surface area (Å²) in [5.74, 6) is 5.06. The predicted molar refractivity (Wildman–Crippen MR) is 60.2 cm³/mol. The van der Waals surface area contributed by atoms with Crippen molar-refractivity contribution >= 4 is 35.3 Å². The smallest absolute Gasteiger partial charge is 0.298 e. The van der Waals surface area contributed by atoms with Gasteiger partial charge in [-0.1, -0.05) is 24.2 Å². The third-order valence-electron chi connectivity index (χ3n) is 1.70. The average molecular weight is 249 g/mol. The minimum atomic E-state index is -0.787. The largest absolute Gasteiger partial charge is 0.309 e. The number of hydrogen-bond donors (Lipinski definition) is 2. The lowest BCUT2D eigenvalue weighted by molar-refractivity contribution is 0.265. The first-order chi connectivity index (χ1) is 6.97. The summed E-state index contributed by atoms with van der Waals surface area (Å²) in [6.07, 6.45) is 1.37. The molecule has 15 heavy (non-hydrogen) atoms. The second-order valence-corrected chi connectivity index (χ2v) is 3.40. The van der Waals surface area contributed by atoms with Gasteiger partial charge in [0.25, 0.3) is 10.8 Å². The van der Waals surface area contributed by atoms with E-state index < -0.39 is 10.8 Å². The first-order valence-corrected chi connectivity index (χ1v) is 4.84. The summed E-state index contributed by atoms with van der Waals surface area (Å²) in [6, 6.07) is 0. The van der Waals surface area contributed by atoms with E-state index in [0.29, 0.717) is 11.6 Å². The quantitative estimate of drug-likeness (QED) is 0.348. The van der Waals surface area contributed by atoms with Crippen molar-refractivity contribution in [1.82, 2.24) is 9.55 Å². The van der Waals surface area contributed by atoms with E-state index in [0.717, 1.165) is 0 Å². The van der Waals surface area contributed by atoms with Crippen LogP contribution in [-0.4, -0.2) is 14.8 Å². The molecule has 0 aliphatic carbocycles. The van der Waals surface area contributed by atoms with Gasteiger partial charge in [0.15, 0.2) is 0 Å². The Labute approximate surface area is 96.0 Å². The van der Waals surface area contributed by atoms with Gasteiger partial charge in [-0.2, -0.15) is 0 Å². The number of nitrogens with two attached hydrogens (primary N) is 1. The summed E-state index contributed by atoms with van der Waals surface area (Å²) >= 11 is 9.14. The monoisotopic (exact) mass is 248 g/mol. The third kappa shape index (κ3) is 2.49. The van der Waals surface area contributed by atoms with E-state index in [9.17, 15) is 9.59 Å². The predicted octanol–water partition coefficient (Wildman–Crippen LogP) is 0.646. The second kappa shape index (κ2) is 4.65. The van der Waals surface area contributed by atoms with E-state index in [-0.39, 0.29) is 11.0 Å². The summed E-state index contributed by atoms with van der Waals surface area (Å²) in [5.41, 5.74) is -0.494. The van der Waals surface area contributed by atoms with E-state index in [1.54, 1.807) is 6.92 Å². The van der Waals surface area contributed by atoms with Gasteiger partial charge in [-0.05, 0) is 6.92 Å². The summed E-state index contributed by atoms with van der Waals surface area (Å²) in [7, 11) is 0. The summed E-state index contributed by atoms with van der Waals surface area (Å²) in [6.45, 7) is 2.16. The number of halogens is 1. The Bertz CT molecular complexity index is 447. The van der Waals surface area contributed by atoms with Crippen LogP contribution in [0.3, 0.4) is 0 Å². The maximum absolute atomic E-state index is 11.6. The van der Waals surface area contributed by atoms with Crippen LogP contribution in [0.4, 0.5) is 10.6 Å². The molecule has 1 amide bonds. The molecule has 6 nitrogen and oxygen atoms in total. The van der Waals surface area contributed by atoms with Crippen LogP contribution in [0, 0.1) is 0 Å². The van der Waals surface area contributed by atoms with Gasteiger partial charge in [-0.15, -0.1) is 0 Å². The Morgan fingerprint density at radius 3 is 2.87 bits per heavy atom. The Morgan fingerprint density at radius 1 is 1.80 bits per heavy atom. The van der Waals surface area contributed by atoms with Crippen LogP contribution in [0.1, 0.15) is 6.92 Å². The van der Waals surface area contributed by atoms with Gasteiger partial charge < -0.3 is 4.57 Å². The molecule has 0 radical (unpaired) electrons. The Morgan fingerprint density at radius 2 is 2.40 bits per heavy atom. The standard InChI is InChI=1S/C7H9ClN4O2S/c1-2-11-3-4(8)10-5(6(11)13)12(9)7(14)15/h3H,2,9H2,1H3,(H,14,15). The number of anilines is 1. The van der Waals surface area contributed by atoms with Crippen molar-refractivity contribution in [2.75, 3.05) is 5.01 Å². The zero-order valence-corrected chi connectivity index (χ0v) is 9.50. The van der Waals surface area contributed by atoms with Gasteiger partial charge >= 0.3 is 0 Å². The highest BCUT2D eigenvalue weighted by Gasteiger charge is 2.15. The molecule has 1 aromatic heterocycles. The zero-order valence-electron chi connectivity index (χ0n) is 7.85. The first kappa shape index (κ1) is 12.0. The molecule has 1 heterocycles. The lowest BCUT2D eigenvalue weighted by Crippen LogP contribution is -2.40. The topological polar surface area (TPSA) is 81.2 Å². The van der Waals surface area contributed by atoms with Crippen molar-refractivity contribution in [3.8, 4) is 0 Å². The summed E-state index contributed by atoms with van der Waals surface area (Å²) < 4.78 is 1.29. The van der Waals surface area contributed by atoms with Crippen molar-refractivity contribution in [2.24, 2.45) is 5.84 Å². The van der Waals surface area contributed by atoms with Crippen LogP contribution in [0.25, 0.3) is 0 Å². The van der Waals surface area contributed by atoms with Crippen molar-refractivity contribution in [3.63, 3.8) is 0 Å². The first-order valence-electron chi connectivity index (χ1n) is 4.02. The maximum atomic E-state index is 11.6. The Kier molecular flexibility index (Phi) is 3.72. The van der Waals surface area contributed by atoms with Crippen LogP contribution in [0.5, 0.6) is 0 Å². The SMILES string of the molecule is CCn1cc(Cl)nc(N(N)C(=O)S)c1=O. The van der Waals surface area contributed by atoms with Crippen molar-refractivity contribution in [3.05, 3.63) is 21.7 Å². The fourth-order valence-electron chi connectivity index (χ4n) is 0.976. The molecule has 0 bridgehead atoms. The lowest BCUT2D eigenvalue weighted by Gasteiger charge is -2.13. The number of hydrogen-bond acceptors (Lipinski definition) is 4. The van der Waals surface area contributed by atoms with E-state index in [2.05, 4.69) is 17.6 Å². The molecule has 0 unspecified atom stereocenters. The van der Waals surface area contributed by atoms with E-state index in [1.807, 2.05) is 0 Å². The minimum Gasteiger partial charge on any atom is -0.309 e. The Balaban J connectivity index is 3.35. The van der Waals surface area contributed by atoms with E-state index in [4.69, 9.17) is 17.4 Å². The van der Waals surface area contributed by atoms with Gasteiger partial charge in [0.2, 0.25) is 5.82 Å². The van der Waals surface area contributed by atoms with Crippen molar-refractivity contribution < 1.29 is 4.79 Å². The molecule has 2 N–H and O–H groups in total. The molecule has 0 aliphatic heterocycles. The number of amides is 1. The molecule has 82 valence electrons. The number of aromatic nitrogens is 2. The lowest BCUT2D eigenvalue weighted by atomic mass is 10.5. The highest BCUT2D eigenvalue weighted by atomic mass is 35.5. The number of thiol groups is 1. The van der Waals surface area contributed by atoms with Crippen molar-refractivity contribution in [1.29, 1.82) is 0 Å². The zero-order chi connectivity index (χ0) is 11.6. The number of carbonyl (C=O) groups is 1. The molecule has 0 aliphatic rings. The molecular formula is C7H9ClN4O2S. The van der Waals surface area contributed by atoms with E-state index in [1.165, 1.54) is 10.8 Å². The molecule has 0 aromatic carbocycles. The number of carbonyl (C=O) groups excluding carboxylic acids is 1. The third-order valence-corrected chi connectivity index (χ3v) is 2.10. The number of nitrogens with zero attached hydrogens (tertiary/aromatic N) is 3. The highest BCUT2D eigenvalue weighted by molar-refractivity contribution is 7.96. The molecule has 0 atom stereocenters. The maximum Gasteiger partial charge on any atom is 0.298 e. The minimum absolute atomic E-state index is 0.0801. The average Bonchev–Trinajstić information content (AvgIpc) is 2.19. The molecule has 1 aromatic rings. The molecule has 0 saturated carbocycles. The van der Waals surface area contributed by atoms with Crippen LogP contribution >= 0.6 is 24.2 Å². The molecule has 1 rings (SSSR count). The van der Waals surface area contributed by atoms with Gasteiger partial charge in [0.05, 0.1) is 0 Å².